The third-order valence-electron chi connectivity index (χ3n) is 5.82. The zero-order chi connectivity index (χ0) is 24.4. The van der Waals surface area contributed by atoms with Crippen LogP contribution in [0.15, 0.2) is 39.7 Å². The van der Waals surface area contributed by atoms with Gasteiger partial charge in [0.2, 0.25) is 5.95 Å². The minimum Gasteiger partial charge on any atom is -0.423 e. The molecule has 4 heterocycles. The number of fused-ring (bicyclic) bond motifs is 1. The van der Waals surface area contributed by atoms with Gasteiger partial charge >= 0.3 is 5.63 Å². The van der Waals surface area contributed by atoms with Crippen LogP contribution in [0.4, 0.5) is 16.8 Å². The van der Waals surface area contributed by atoms with Crippen molar-refractivity contribution in [1.82, 2.24) is 25.2 Å². The highest BCUT2D eigenvalue weighted by Gasteiger charge is 2.17. The van der Waals surface area contributed by atoms with Crippen LogP contribution in [0, 0.1) is 18.3 Å². The van der Waals surface area contributed by atoms with Crippen LogP contribution in [0.2, 0.25) is 0 Å². The fourth-order valence-electron chi connectivity index (χ4n) is 4.10. The zero-order valence-electron chi connectivity index (χ0n) is 19.4. The second-order valence-corrected chi connectivity index (χ2v) is 9.20. The minimum atomic E-state index is -0.377. The number of nitriles is 1. The third-order valence-corrected chi connectivity index (χ3v) is 7.01. The standard InChI is InChI=1S/C24H24N8O2S/c1-14-22(35-24(26-2)29-14)21-16(11-25)12-28-23(31-21)30-17-3-4-18-15(9-20(33)34-19(18)10-17)13-32-7-5-27-6-8-32/h3-4,9-10,12,27H,5-8,13H2,1-2H3,(H,26,29)(H,28,30,31). The monoisotopic (exact) mass is 488 g/mol. The van der Waals surface area contributed by atoms with E-state index in [2.05, 4.69) is 41.9 Å². The van der Waals surface area contributed by atoms with E-state index in [1.54, 1.807) is 19.2 Å². The van der Waals surface area contributed by atoms with E-state index < -0.39 is 0 Å². The maximum Gasteiger partial charge on any atom is 0.336 e. The van der Waals surface area contributed by atoms with E-state index in [4.69, 9.17) is 4.42 Å². The van der Waals surface area contributed by atoms with Crippen LogP contribution in [0.3, 0.4) is 0 Å². The lowest BCUT2D eigenvalue weighted by Gasteiger charge is -2.27. The largest absolute Gasteiger partial charge is 0.423 e. The summed E-state index contributed by atoms with van der Waals surface area (Å²) in [6.07, 6.45) is 1.50. The van der Waals surface area contributed by atoms with E-state index >= 15 is 0 Å². The summed E-state index contributed by atoms with van der Waals surface area (Å²) >= 11 is 1.43. The SMILES string of the molecule is CNc1nc(C)c(-c2nc(Nc3ccc4c(CN5CCNCC5)cc(=O)oc4c3)ncc2C#N)s1. The van der Waals surface area contributed by atoms with E-state index in [-0.39, 0.29) is 5.63 Å². The molecule has 1 aliphatic heterocycles. The van der Waals surface area contributed by atoms with Gasteiger partial charge in [-0.15, -0.1) is 0 Å². The van der Waals surface area contributed by atoms with Crippen LogP contribution in [-0.2, 0) is 6.54 Å². The number of thiazole rings is 1. The zero-order valence-corrected chi connectivity index (χ0v) is 20.2. The Morgan fingerprint density at radius 3 is 2.83 bits per heavy atom. The van der Waals surface area contributed by atoms with Crippen molar-refractivity contribution in [3.63, 3.8) is 0 Å². The summed E-state index contributed by atoms with van der Waals surface area (Å²) in [4.78, 5) is 28.7. The molecule has 0 atom stereocenters. The first-order valence-corrected chi connectivity index (χ1v) is 12.1. The van der Waals surface area contributed by atoms with Crippen molar-refractivity contribution in [3.05, 3.63) is 57.7 Å². The Morgan fingerprint density at radius 2 is 2.09 bits per heavy atom. The molecule has 0 spiro atoms. The minimum absolute atomic E-state index is 0.330. The van der Waals surface area contributed by atoms with E-state index in [9.17, 15) is 10.1 Å². The average Bonchev–Trinajstić information content (AvgIpc) is 3.25. The molecule has 1 fully saturated rings. The molecule has 0 aliphatic carbocycles. The highest BCUT2D eigenvalue weighted by molar-refractivity contribution is 7.19. The fourth-order valence-corrected chi connectivity index (χ4v) is 5.02. The smallest absolute Gasteiger partial charge is 0.336 e. The highest BCUT2D eigenvalue weighted by atomic mass is 32.1. The summed E-state index contributed by atoms with van der Waals surface area (Å²) in [6, 6.07) is 9.35. The normalized spacial score (nSPS) is 14.1. The van der Waals surface area contributed by atoms with Gasteiger partial charge in [-0.05, 0) is 24.6 Å². The molecular formula is C24H24N8O2S. The van der Waals surface area contributed by atoms with Gasteiger partial charge in [-0.25, -0.2) is 19.7 Å². The second-order valence-electron chi connectivity index (χ2n) is 8.20. The van der Waals surface area contributed by atoms with Crippen molar-refractivity contribution >= 4 is 39.1 Å². The molecule has 3 aromatic heterocycles. The molecule has 1 aliphatic rings. The predicted octanol–water partition coefficient (Wildman–Crippen LogP) is 3.08. The van der Waals surface area contributed by atoms with Gasteiger partial charge in [0.25, 0.3) is 0 Å². The van der Waals surface area contributed by atoms with Crippen LogP contribution in [0.5, 0.6) is 0 Å². The maximum absolute atomic E-state index is 12.3. The molecule has 178 valence electrons. The molecule has 10 nitrogen and oxygen atoms in total. The molecule has 0 amide bonds. The number of hydrogen-bond donors (Lipinski definition) is 3. The number of anilines is 3. The first-order chi connectivity index (χ1) is 17.0. The number of benzene rings is 1. The van der Waals surface area contributed by atoms with Crippen molar-refractivity contribution in [3.8, 4) is 16.6 Å². The van der Waals surface area contributed by atoms with Crippen molar-refractivity contribution in [2.24, 2.45) is 0 Å². The molecule has 0 radical (unpaired) electrons. The van der Waals surface area contributed by atoms with E-state index in [1.165, 1.54) is 17.5 Å². The summed E-state index contributed by atoms with van der Waals surface area (Å²) in [5, 5.41) is 20.8. The third kappa shape index (κ3) is 4.85. The van der Waals surface area contributed by atoms with E-state index in [0.717, 1.165) is 52.8 Å². The van der Waals surface area contributed by atoms with Gasteiger partial charge in [0.15, 0.2) is 5.13 Å². The summed E-state index contributed by atoms with van der Waals surface area (Å²) in [5.74, 6) is 0.330. The van der Waals surface area contributed by atoms with Crippen molar-refractivity contribution in [2.45, 2.75) is 13.5 Å². The fraction of sp³-hybridized carbons (Fsp3) is 0.292. The number of nitrogens with zero attached hydrogens (tertiary/aromatic N) is 5. The Hall–Kier alpha value is -3.85. The molecule has 1 saturated heterocycles. The Balaban J connectivity index is 1.46. The molecule has 3 N–H and O–H groups in total. The van der Waals surface area contributed by atoms with Crippen LogP contribution in [0.25, 0.3) is 21.5 Å². The molecule has 5 rings (SSSR count). The average molecular weight is 489 g/mol. The Labute approximate surface area is 205 Å². The van der Waals surface area contributed by atoms with Gasteiger partial charge in [-0.2, -0.15) is 5.26 Å². The number of nitrogens with one attached hydrogen (secondary N) is 3. The second kappa shape index (κ2) is 9.79. The van der Waals surface area contributed by atoms with Crippen LogP contribution in [0.1, 0.15) is 16.8 Å². The highest BCUT2D eigenvalue weighted by Crippen LogP contribution is 2.34. The van der Waals surface area contributed by atoms with E-state index in [1.807, 2.05) is 19.1 Å². The summed E-state index contributed by atoms with van der Waals surface area (Å²) < 4.78 is 5.51. The number of hydrogen-bond acceptors (Lipinski definition) is 11. The molecule has 35 heavy (non-hydrogen) atoms. The van der Waals surface area contributed by atoms with Gasteiger partial charge in [0, 0.05) is 63.0 Å². The topological polar surface area (TPSA) is 132 Å². The summed E-state index contributed by atoms with van der Waals surface area (Å²) in [5.41, 5.74) is 3.41. The molecular weight excluding hydrogens is 464 g/mol. The quantitative estimate of drug-likeness (QED) is 0.348. The van der Waals surface area contributed by atoms with E-state index in [0.29, 0.717) is 35.0 Å². The number of rotatable bonds is 6. The lowest BCUT2D eigenvalue weighted by atomic mass is 10.1. The lowest BCUT2D eigenvalue weighted by Crippen LogP contribution is -2.43. The molecule has 0 unspecified atom stereocenters. The number of aryl methyl sites for hydroxylation is 1. The molecule has 0 bridgehead atoms. The summed E-state index contributed by atoms with van der Waals surface area (Å²) in [7, 11) is 1.80. The number of piperazine rings is 1. The van der Waals surface area contributed by atoms with Gasteiger partial charge in [-0.1, -0.05) is 11.3 Å². The maximum atomic E-state index is 12.3. The van der Waals surface area contributed by atoms with Crippen molar-refractivity contribution in [2.75, 3.05) is 43.9 Å². The first-order valence-electron chi connectivity index (χ1n) is 11.2. The molecule has 1 aromatic carbocycles. The van der Waals surface area contributed by atoms with Gasteiger partial charge in [0.1, 0.15) is 17.3 Å². The van der Waals surface area contributed by atoms with Gasteiger partial charge in [-0.3, -0.25) is 4.90 Å². The molecule has 4 aromatic rings. The van der Waals surface area contributed by atoms with Gasteiger partial charge in [0.05, 0.1) is 22.3 Å². The van der Waals surface area contributed by atoms with Crippen molar-refractivity contribution < 1.29 is 4.42 Å². The van der Waals surface area contributed by atoms with Crippen LogP contribution >= 0.6 is 11.3 Å². The Morgan fingerprint density at radius 1 is 1.26 bits per heavy atom. The summed E-state index contributed by atoms with van der Waals surface area (Å²) in [6.45, 7) is 6.34. The Kier molecular flexibility index (Phi) is 6.41. The van der Waals surface area contributed by atoms with Crippen molar-refractivity contribution in [1.29, 1.82) is 5.26 Å². The lowest BCUT2D eigenvalue weighted by molar-refractivity contribution is 0.233. The number of aromatic nitrogens is 3. The Bertz CT molecular complexity index is 1480. The van der Waals surface area contributed by atoms with Crippen LogP contribution in [-0.4, -0.2) is 53.1 Å². The predicted molar refractivity (Wildman–Crippen MR) is 136 cm³/mol. The van der Waals surface area contributed by atoms with Gasteiger partial charge < -0.3 is 20.4 Å². The molecule has 0 saturated carbocycles. The molecule has 11 heteroatoms. The van der Waals surface area contributed by atoms with Crippen LogP contribution < -0.4 is 21.6 Å². The first kappa shape index (κ1) is 22.9.